The fourth-order valence-electron chi connectivity index (χ4n) is 2.30. The van der Waals surface area contributed by atoms with Crippen molar-refractivity contribution in [1.29, 1.82) is 0 Å². The first kappa shape index (κ1) is 13.8. The third kappa shape index (κ3) is 3.14. The number of ether oxygens (including phenoxy) is 1. The molecule has 3 rings (SSSR count). The first-order chi connectivity index (χ1) is 10.3. The molecule has 2 N–H and O–H groups in total. The van der Waals surface area contributed by atoms with Gasteiger partial charge in [-0.1, -0.05) is 36.4 Å². The summed E-state index contributed by atoms with van der Waals surface area (Å²) >= 11 is 1.81. The van der Waals surface area contributed by atoms with Crippen molar-refractivity contribution >= 4 is 28.2 Å². The molecule has 0 bridgehead atoms. The Morgan fingerprint density at radius 3 is 2.52 bits per heavy atom. The third-order valence-corrected chi connectivity index (χ3v) is 4.49. The molecule has 0 spiro atoms. The number of benzene rings is 3. The second-order valence-corrected chi connectivity index (χ2v) is 5.92. The van der Waals surface area contributed by atoms with Gasteiger partial charge in [-0.3, -0.25) is 0 Å². The Bertz CT molecular complexity index is 770. The molecule has 3 aromatic carbocycles. The molecule has 0 aliphatic carbocycles. The number of methoxy groups -OCH3 is 1. The van der Waals surface area contributed by atoms with Crippen LogP contribution in [0.2, 0.25) is 0 Å². The smallest absolute Gasteiger partial charge is 0.141 e. The average molecular weight is 295 g/mol. The minimum Gasteiger partial charge on any atom is -0.495 e. The van der Waals surface area contributed by atoms with E-state index in [-0.39, 0.29) is 0 Å². The van der Waals surface area contributed by atoms with E-state index in [1.807, 2.05) is 23.9 Å². The third-order valence-electron chi connectivity index (χ3n) is 3.42. The van der Waals surface area contributed by atoms with Crippen LogP contribution in [0.5, 0.6) is 5.75 Å². The Labute approximate surface area is 128 Å². The maximum atomic E-state index is 5.94. The minimum absolute atomic E-state index is 0.689. The lowest BCUT2D eigenvalue weighted by atomic mass is 10.1. The predicted octanol–water partition coefficient (Wildman–Crippen LogP) is 4.72. The largest absolute Gasteiger partial charge is 0.495 e. The first-order valence-corrected chi connectivity index (χ1v) is 7.79. The van der Waals surface area contributed by atoms with Gasteiger partial charge in [0.25, 0.3) is 0 Å². The lowest BCUT2D eigenvalue weighted by Crippen LogP contribution is -1.93. The van der Waals surface area contributed by atoms with Gasteiger partial charge in [-0.25, -0.2) is 0 Å². The van der Waals surface area contributed by atoms with Crippen LogP contribution in [0, 0.1) is 0 Å². The molecule has 0 saturated carbocycles. The summed E-state index contributed by atoms with van der Waals surface area (Å²) in [7, 11) is 1.63. The SMILES string of the molecule is COc1ccc(CSc2ccc3ccccc3c2)cc1N. The Balaban J connectivity index is 1.75. The summed E-state index contributed by atoms with van der Waals surface area (Å²) in [5.41, 5.74) is 7.83. The van der Waals surface area contributed by atoms with Crippen molar-refractivity contribution in [3.8, 4) is 5.75 Å². The molecule has 0 unspecified atom stereocenters. The van der Waals surface area contributed by atoms with Crippen molar-refractivity contribution in [2.75, 3.05) is 12.8 Å². The Morgan fingerprint density at radius 2 is 1.76 bits per heavy atom. The number of nitrogens with two attached hydrogens (primary N) is 1. The number of hydrogen-bond donors (Lipinski definition) is 1. The van der Waals surface area contributed by atoms with Crippen LogP contribution in [0.3, 0.4) is 0 Å². The molecule has 0 amide bonds. The summed E-state index contributed by atoms with van der Waals surface area (Å²) in [6.45, 7) is 0. The maximum absolute atomic E-state index is 5.94. The highest BCUT2D eigenvalue weighted by molar-refractivity contribution is 7.98. The molecule has 0 heterocycles. The second-order valence-electron chi connectivity index (χ2n) is 4.87. The Hall–Kier alpha value is -2.13. The highest BCUT2D eigenvalue weighted by Crippen LogP contribution is 2.29. The van der Waals surface area contributed by atoms with Crippen molar-refractivity contribution in [3.05, 3.63) is 66.2 Å². The van der Waals surface area contributed by atoms with Crippen LogP contribution in [-0.4, -0.2) is 7.11 Å². The molecule has 0 fully saturated rings. The van der Waals surface area contributed by atoms with E-state index in [0.29, 0.717) is 5.69 Å². The minimum atomic E-state index is 0.689. The average Bonchev–Trinajstić information content (AvgIpc) is 2.53. The van der Waals surface area contributed by atoms with Gasteiger partial charge in [0.1, 0.15) is 5.75 Å². The topological polar surface area (TPSA) is 35.2 Å². The first-order valence-electron chi connectivity index (χ1n) is 6.80. The number of hydrogen-bond acceptors (Lipinski definition) is 3. The maximum Gasteiger partial charge on any atom is 0.141 e. The number of rotatable bonds is 4. The van der Waals surface area contributed by atoms with Crippen LogP contribution in [-0.2, 0) is 5.75 Å². The van der Waals surface area contributed by atoms with Gasteiger partial charge in [0.2, 0.25) is 0 Å². The Morgan fingerprint density at radius 1 is 0.952 bits per heavy atom. The van der Waals surface area contributed by atoms with Crippen molar-refractivity contribution in [3.63, 3.8) is 0 Å². The molecule has 0 atom stereocenters. The zero-order valence-electron chi connectivity index (χ0n) is 11.9. The molecule has 0 aromatic heterocycles. The Kier molecular flexibility index (Phi) is 4.02. The van der Waals surface area contributed by atoms with Crippen LogP contribution in [0.4, 0.5) is 5.69 Å². The van der Waals surface area contributed by atoms with Gasteiger partial charge in [-0.05, 0) is 40.6 Å². The van der Waals surface area contributed by atoms with Gasteiger partial charge in [0.15, 0.2) is 0 Å². The lowest BCUT2D eigenvalue weighted by molar-refractivity contribution is 0.417. The molecular formula is C18H17NOS. The highest BCUT2D eigenvalue weighted by atomic mass is 32.2. The summed E-state index contributed by atoms with van der Waals surface area (Å²) in [6.07, 6.45) is 0. The van der Waals surface area contributed by atoms with E-state index < -0.39 is 0 Å². The number of nitrogen functional groups attached to an aromatic ring is 1. The molecule has 106 valence electrons. The van der Waals surface area contributed by atoms with Gasteiger partial charge < -0.3 is 10.5 Å². The molecule has 21 heavy (non-hydrogen) atoms. The van der Waals surface area contributed by atoms with Crippen molar-refractivity contribution in [1.82, 2.24) is 0 Å². The van der Waals surface area contributed by atoms with Crippen LogP contribution < -0.4 is 10.5 Å². The van der Waals surface area contributed by atoms with E-state index in [1.165, 1.54) is 21.2 Å². The van der Waals surface area contributed by atoms with E-state index in [0.717, 1.165) is 11.5 Å². The quantitative estimate of drug-likeness (QED) is 0.558. The fraction of sp³-hybridized carbons (Fsp3) is 0.111. The van der Waals surface area contributed by atoms with Crippen molar-refractivity contribution < 1.29 is 4.74 Å². The molecule has 0 aliphatic rings. The highest BCUT2D eigenvalue weighted by Gasteiger charge is 2.02. The summed E-state index contributed by atoms with van der Waals surface area (Å²) in [5, 5.41) is 2.55. The molecule has 3 aromatic rings. The van der Waals surface area contributed by atoms with E-state index in [4.69, 9.17) is 10.5 Å². The van der Waals surface area contributed by atoms with E-state index in [9.17, 15) is 0 Å². The monoisotopic (exact) mass is 295 g/mol. The summed E-state index contributed by atoms with van der Waals surface area (Å²) in [5.74, 6) is 1.63. The summed E-state index contributed by atoms with van der Waals surface area (Å²) < 4.78 is 5.18. The van der Waals surface area contributed by atoms with Crippen LogP contribution in [0.15, 0.2) is 65.6 Å². The molecule has 0 radical (unpaired) electrons. The molecule has 0 saturated heterocycles. The van der Waals surface area contributed by atoms with Crippen LogP contribution in [0.1, 0.15) is 5.56 Å². The molecular weight excluding hydrogens is 278 g/mol. The van der Waals surface area contributed by atoms with Gasteiger partial charge in [-0.15, -0.1) is 11.8 Å². The normalized spacial score (nSPS) is 10.7. The van der Waals surface area contributed by atoms with Gasteiger partial charge in [0, 0.05) is 10.6 Å². The summed E-state index contributed by atoms with van der Waals surface area (Å²) in [4.78, 5) is 1.27. The molecule has 0 aliphatic heterocycles. The van der Waals surface area contributed by atoms with Gasteiger partial charge in [0.05, 0.1) is 12.8 Å². The second kappa shape index (κ2) is 6.10. The van der Waals surface area contributed by atoms with Crippen molar-refractivity contribution in [2.45, 2.75) is 10.6 Å². The zero-order valence-corrected chi connectivity index (χ0v) is 12.7. The number of thioether (sulfide) groups is 1. The van der Waals surface area contributed by atoms with Crippen molar-refractivity contribution in [2.24, 2.45) is 0 Å². The van der Waals surface area contributed by atoms with E-state index in [2.05, 4.69) is 48.5 Å². The standard InChI is InChI=1S/C18H17NOS/c1-20-18-9-6-13(10-17(18)19)12-21-16-8-7-14-4-2-3-5-15(14)11-16/h2-11H,12,19H2,1H3. The van der Waals surface area contributed by atoms with E-state index in [1.54, 1.807) is 7.11 Å². The zero-order chi connectivity index (χ0) is 14.7. The van der Waals surface area contributed by atoms with Gasteiger partial charge >= 0.3 is 0 Å². The number of anilines is 1. The number of fused-ring (bicyclic) bond motifs is 1. The summed E-state index contributed by atoms with van der Waals surface area (Å²) in [6, 6.07) is 20.9. The fourth-order valence-corrected chi connectivity index (χ4v) is 3.18. The van der Waals surface area contributed by atoms with Crippen LogP contribution >= 0.6 is 11.8 Å². The van der Waals surface area contributed by atoms with E-state index >= 15 is 0 Å². The lowest BCUT2D eigenvalue weighted by Gasteiger charge is -2.07. The van der Waals surface area contributed by atoms with Crippen LogP contribution in [0.25, 0.3) is 10.8 Å². The van der Waals surface area contributed by atoms with Gasteiger partial charge in [-0.2, -0.15) is 0 Å². The molecule has 3 heteroatoms. The predicted molar refractivity (Wildman–Crippen MR) is 90.9 cm³/mol. The molecule has 2 nitrogen and oxygen atoms in total.